The molecule has 0 spiro atoms. The van der Waals surface area contributed by atoms with Gasteiger partial charge in [-0.05, 0) is 64.2 Å². The zero-order chi connectivity index (χ0) is 47.2. The van der Waals surface area contributed by atoms with Gasteiger partial charge in [0.15, 0.2) is 6.10 Å². The Bertz CT molecular complexity index is 1180. The van der Waals surface area contributed by atoms with Crippen molar-refractivity contribution in [3.05, 3.63) is 60.8 Å². The SMILES string of the molecule is CC/C=C/C=C/C=C/CCCCCCCC(=O)OCC(COC(=O)CCCCCCCCCCCC/C=C/C=C/CCCCC)OC(=O)CCCCCCCCCCCCCCCCC. The molecule has 0 aromatic heterocycles. The van der Waals surface area contributed by atoms with Gasteiger partial charge in [-0.2, -0.15) is 0 Å². The van der Waals surface area contributed by atoms with Crippen molar-refractivity contribution in [2.45, 2.75) is 284 Å². The Hall–Kier alpha value is -2.89. The van der Waals surface area contributed by atoms with Crippen LogP contribution in [-0.2, 0) is 28.6 Å². The van der Waals surface area contributed by atoms with Crippen molar-refractivity contribution in [1.82, 2.24) is 0 Å². The standard InChI is InChI=1S/C59H104O6/c1-4-7-10-13-16-19-22-25-27-28-29-30-32-34-37-40-43-46-49-52-58(61)64-55-56(54-63-57(60)51-48-45-42-39-36-33-24-21-18-15-12-9-6-3)65-59(62)53-50-47-44-41-38-35-31-26-23-20-17-14-11-8-5-2/h9,12,15-16,18-19,21-22,24-25,56H,4-8,10-11,13-14,17,20,23,26-55H2,1-3H3/b12-9+,18-15+,19-16+,24-21+,25-22+. The van der Waals surface area contributed by atoms with E-state index in [1.54, 1.807) is 0 Å². The topological polar surface area (TPSA) is 78.9 Å². The first kappa shape index (κ1) is 62.1. The summed E-state index contributed by atoms with van der Waals surface area (Å²) in [5.41, 5.74) is 0. The van der Waals surface area contributed by atoms with Crippen LogP contribution in [0.15, 0.2) is 60.8 Å². The van der Waals surface area contributed by atoms with E-state index >= 15 is 0 Å². The van der Waals surface area contributed by atoms with E-state index in [9.17, 15) is 14.4 Å². The molecule has 6 nitrogen and oxygen atoms in total. The van der Waals surface area contributed by atoms with Crippen LogP contribution in [0.1, 0.15) is 278 Å². The summed E-state index contributed by atoms with van der Waals surface area (Å²) < 4.78 is 16.8. The first-order valence-electron chi connectivity index (χ1n) is 27.8. The fourth-order valence-electron chi connectivity index (χ4n) is 7.90. The molecule has 0 radical (unpaired) electrons. The molecule has 0 saturated heterocycles. The molecule has 1 atom stereocenters. The summed E-state index contributed by atoms with van der Waals surface area (Å²) in [4.78, 5) is 38.1. The molecule has 0 saturated carbocycles. The van der Waals surface area contributed by atoms with Gasteiger partial charge in [-0.1, -0.05) is 255 Å². The molecule has 0 aromatic rings. The van der Waals surface area contributed by atoms with Gasteiger partial charge in [-0.3, -0.25) is 14.4 Å². The minimum atomic E-state index is -0.781. The molecule has 0 aromatic carbocycles. The number of carbonyl (C=O) groups excluding carboxylic acids is 3. The van der Waals surface area contributed by atoms with Gasteiger partial charge in [0.25, 0.3) is 0 Å². The lowest BCUT2D eigenvalue weighted by molar-refractivity contribution is -0.167. The highest BCUT2D eigenvalue weighted by atomic mass is 16.6. The molecule has 0 fully saturated rings. The Kier molecular flexibility index (Phi) is 51.3. The van der Waals surface area contributed by atoms with Crippen LogP contribution >= 0.6 is 0 Å². The Morgan fingerprint density at radius 3 is 0.969 bits per heavy atom. The molecule has 0 rings (SSSR count). The van der Waals surface area contributed by atoms with Crippen molar-refractivity contribution < 1.29 is 28.6 Å². The van der Waals surface area contributed by atoms with Gasteiger partial charge in [0.2, 0.25) is 0 Å². The van der Waals surface area contributed by atoms with Crippen LogP contribution < -0.4 is 0 Å². The van der Waals surface area contributed by atoms with Gasteiger partial charge in [-0.25, -0.2) is 0 Å². The first-order valence-corrected chi connectivity index (χ1v) is 27.8. The smallest absolute Gasteiger partial charge is 0.306 e. The quantitative estimate of drug-likeness (QED) is 0.0262. The van der Waals surface area contributed by atoms with E-state index in [1.165, 1.54) is 154 Å². The van der Waals surface area contributed by atoms with E-state index < -0.39 is 6.10 Å². The lowest BCUT2D eigenvalue weighted by Crippen LogP contribution is -2.30. The van der Waals surface area contributed by atoms with Crippen molar-refractivity contribution in [2.75, 3.05) is 13.2 Å². The third kappa shape index (κ3) is 51.9. The zero-order valence-electron chi connectivity index (χ0n) is 43.0. The second-order valence-electron chi connectivity index (χ2n) is 18.6. The van der Waals surface area contributed by atoms with Crippen LogP contribution in [0.2, 0.25) is 0 Å². The number of carbonyl (C=O) groups is 3. The van der Waals surface area contributed by atoms with Gasteiger partial charge in [0.1, 0.15) is 13.2 Å². The average molecular weight is 909 g/mol. The maximum atomic E-state index is 12.8. The van der Waals surface area contributed by atoms with Gasteiger partial charge in [0.05, 0.1) is 0 Å². The third-order valence-electron chi connectivity index (χ3n) is 12.1. The number of rotatable bonds is 50. The van der Waals surface area contributed by atoms with Crippen LogP contribution in [0, 0.1) is 0 Å². The second kappa shape index (κ2) is 53.7. The van der Waals surface area contributed by atoms with Crippen molar-refractivity contribution in [1.29, 1.82) is 0 Å². The molecule has 6 heteroatoms. The van der Waals surface area contributed by atoms with Crippen molar-refractivity contribution >= 4 is 17.9 Å². The van der Waals surface area contributed by atoms with E-state index in [4.69, 9.17) is 14.2 Å². The number of esters is 3. The lowest BCUT2D eigenvalue weighted by Gasteiger charge is -2.18. The first-order chi connectivity index (χ1) is 32.0. The summed E-state index contributed by atoms with van der Waals surface area (Å²) >= 11 is 0. The Labute approximate surface area is 402 Å². The lowest BCUT2D eigenvalue weighted by atomic mass is 10.0. The van der Waals surface area contributed by atoms with Crippen LogP contribution in [-0.4, -0.2) is 37.2 Å². The Morgan fingerprint density at radius 2 is 0.600 bits per heavy atom. The summed E-state index contributed by atoms with van der Waals surface area (Å²) in [5, 5.41) is 0. The summed E-state index contributed by atoms with van der Waals surface area (Å²) in [6.45, 7) is 6.48. The molecular weight excluding hydrogens is 805 g/mol. The summed E-state index contributed by atoms with van der Waals surface area (Å²) in [6, 6.07) is 0. The average Bonchev–Trinajstić information content (AvgIpc) is 3.30. The Morgan fingerprint density at radius 1 is 0.323 bits per heavy atom. The maximum Gasteiger partial charge on any atom is 0.306 e. The maximum absolute atomic E-state index is 12.8. The van der Waals surface area contributed by atoms with Gasteiger partial charge in [0, 0.05) is 19.3 Å². The van der Waals surface area contributed by atoms with Gasteiger partial charge in [-0.15, -0.1) is 0 Å². The van der Waals surface area contributed by atoms with E-state index in [0.717, 1.165) is 83.5 Å². The van der Waals surface area contributed by atoms with Crippen molar-refractivity contribution in [3.63, 3.8) is 0 Å². The summed E-state index contributed by atoms with van der Waals surface area (Å²) in [5.74, 6) is -0.894. The van der Waals surface area contributed by atoms with Gasteiger partial charge < -0.3 is 14.2 Å². The highest BCUT2D eigenvalue weighted by Crippen LogP contribution is 2.16. The molecule has 0 amide bonds. The molecule has 0 aliphatic heterocycles. The van der Waals surface area contributed by atoms with Crippen LogP contribution in [0.5, 0.6) is 0 Å². The Balaban J connectivity index is 4.35. The number of allylic oxidation sites excluding steroid dienone is 10. The fourth-order valence-corrected chi connectivity index (χ4v) is 7.90. The van der Waals surface area contributed by atoms with E-state index in [0.29, 0.717) is 19.3 Å². The zero-order valence-corrected chi connectivity index (χ0v) is 43.0. The predicted octanol–water partition coefficient (Wildman–Crippen LogP) is 18.4. The molecule has 0 heterocycles. The van der Waals surface area contributed by atoms with Crippen molar-refractivity contribution in [2.24, 2.45) is 0 Å². The number of hydrogen-bond acceptors (Lipinski definition) is 6. The minimum Gasteiger partial charge on any atom is -0.462 e. The molecular formula is C59H104O6. The predicted molar refractivity (Wildman–Crippen MR) is 279 cm³/mol. The molecule has 0 aliphatic rings. The van der Waals surface area contributed by atoms with E-state index in [-0.39, 0.29) is 31.1 Å². The van der Waals surface area contributed by atoms with Crippen LogP contribution in [0.3, 0.4) is 0 Å². The largest absolute Gasteiger partial charge is 0.462 e. The van der Waals surface area contributed by atoms with Crippen molar-refractivity contribution in [3.8, 4) is 0 Å². The molecule has 0 N–H and O–H groups in total. The van der Waals surface area contributed by atoms with E-state index in [1.807, 2.05) is 0 Å². The number of ether oxygens (including phenoxy) is 3. The highest BCUT2D eigenvalue weighted by molar-refractivity contribution is 5.71. The van der Waals surface area contributed by atoms with Gasteiger partial charge >= 0.3 is 17.9 Å². The summed E-state index contributed by atoms with van der Waals surface area (Å²) in [7, 11) is 0. The minimum absolute atomic E-state index is 0.0805. The monoisotopic (exact) mass is 909 g/mol. The molecule has 0 aliphatic carbocycles. The summed E-state index contributed by atoms with van der Waals surface area (Å²) in [6.07, 6.45) is 66.3. The fraction of sp³-hybridized carbons (Fsp3) is 0.780. The third-order valence-corrected chi connectivity index (χ3v) is 12.1. The molecule has 1 unspecified atom stereocenters. The highest BCUT2D eigenvalue weighted by Gasteiger charge is 2.19. The molecule has 0 bridgehead atoms. The number of unbranched alkanes of at least 4 members (excludes halogenated alkanes) is 32. The molecule has 376 valence electrons. The normalized spacial score (nSPS) is 12.5. The van der Waals surface area contributed by atoms with E-state index in [2.05, 4.69) is 81.5 Å². The molecule has 65 heavy (non-hydrogen) atoms. The van der Waals surface area contributed by atoms with Crippen LogP contribution in [0.4, 0.5) is 0 Å². The van der Waals surface area contributed by atoms with Crippen LogP contribution in [0.25, 0.3) is 0 Å². The second-order valence-corrected chi connectivity index (χ2v) is 18.6. The number of hydrogen-bond donors (Lipinski definition) is 0.